The molecule has 0 aliphatic heterocycles. The molecule has 2 aromatic rings. The van der Waals surface area contributed by atoms with Crippen molar-refractivity contribution in [3.63, 3.8) is 0 Å². The van der Waals surface area contributed by atoms with Gasteiger partial charge in [0, 0.05) is 12.1 Å². The van der Waals surface area contributed by atoms with E-state index in [-0.39, 0.29) is 5.69 Å². The lowest BCUT2D eigenvalue weighted by Crippen LogP contribution is -2.32. The fraction of sp³-hybridized carbons (Fsp3) is 0.316. The number of hydrogen-bond donors (Lipinski definition) is 0. The minimum absolute atomic E-state index is 0.0510. The summed E-state index contributed by atoms with van der Waals surface area (Å²) in [5, 5.41) is 10.7. The Morgan fingerprint density at radius 1 is 1.08 bits per heavy atom. The largest absolute Gasteiger partial charge is 0.451 e. The van der Waals surface area contributed by atoms with Gasteiger partial charge in [0.2, 0.25) is 0 Å². The third-order valence-corrected chi connectivity index (χ3v) is 4.13. The minimum Gasteiger partial charge on any atom is -0.451 e. The van der Waals surface area contributed by atoms with Crippen molar-refractivity contribution in [2.24, 2.45) is 0 Å². The van der Waals surface area contributed by atoms with Gasteiger partial charge in [0.25, 0.3) is 5.69 Å². The molecule has 0 fully saturated rings. The van der Waals surface area contributed by atoms with Crippen LogP contribution in [-0.4, -0.2) is 10.9 Å². The molecule has 0 saturated heterocycles. The van der Waals surface area contributed by atoms with Gasteiger partial charge in [-0.2, -0.15) is 0 Å². The molecule has 5 heteroatoms. The van der Waals surface area contributed by atoms with Crippen molar-refractivity contribution in [2.75, 3.05) is 0 Å². The van der Waals surface area contributed by atoms with E-state index in [4.69, 9.17) is 4.74 Å². The highest BCUT2D eigenvalue weighted by Gasteiger charge is 2.34. The summed E-state index contributed by atoms with van der Waals surface area (Å²) in [5.74, 6) is -0.468. The average molecular weight is 327 g/mol. The summed E-state index contributed by atoms with van der Waals surface area (Å²) < 4.78 is 5.89. The molecular formula is C19H21NO4. The van der Waals surface area contributed by atoms with Crippen LogP contribution < -0.4 is 0 Å². The van der Waals surface area contributed by atoms with Crippen LogP contribution in [0.2, 0.25) is 0 Å². The van der Waals surface area contributed by atoms with Crippen molar-refractivity contribution in [2.45, 2.75) is 38.7 Å². The highest BCUT2D eigenvalue weighted by Crippen LogP contribution is 2.35. The van der Waals surface area contributed by atoms with Crippen LogP contribution in [0.1, 0.15) is 49.0 Å². The first-order chi connectivity index (χ1) is 11.5. The fourth-order valence-electron chi connectivity index (χ4n) is 2.81. The summed E-state index contributed by atoms with van der Waals surface area (Å²) in [6.07, 6.45) is 2.24. The number of carbonyl (C=O) groups is 1. The molecule has 2 aromatic carbocycles. The Morgan fingerprint density at radius 3 is 2.21 bits per heavy atom. The van der Waals surface area contributed by atoms with E-state index < -0.39 is 16.5 Å². The standard InChI is InChI=1S/C19H21NO4/c1-3-14-19(4-2,16-8-6-5-7-9-16)24-18(21)15-10-12-17(13-11-15)20(22)23/h5-13H,3-4,14H2,1-2H3/t19-/m0/s1. The van der Waals surface area contributed by atoms with Crippen LogP contribution in [0.15, 0.2) is 54.6 Å². The molecule has 24 heavy (non-hydrogen) atoms. The number of hydrogen-bond acceptors (Lipinski definition) is 4. The molecule has 2 rings (SSSR count). The zero-order chi connectivity index (χ0) is 17.6. The van der Waals surface area contributed by atoms with Crippen LogP contribution in [0, 0.1) is 10.1 Å². The Morgan fingerprint density at radius 2 is 1.71 bits per heavy atom. The Kier molecular flexibility index (Phi) is 5.68. The molecule has 0 bridgehead atoms. The highest BCUT2D eigenvalue weighted by molar-refractivity contribution is 5.90. The van der Waals surface area contributed by atoms with Crippen molar-refractivity contribution < 1.29 is 14.5 Å². The van der Waals surface area contributed by atoms with Crippen molar-refractivity contribution in [1.29, 1.82) is 0 Å². The minimum atomic E-state index is -0.686. The molecule has 0 saturated carbocycles. The van der Waals surface area contributed by atoms with Gasteiger partial charge in [-0.05, 0) is 30.5 Å². The SMILES string of the molecule is CCC[C@](CC)(OC(=O)c1ccc([N+](=O)[O-])cc1)c1ccccc1. The first kappa shape index (κ1) is 17.7. The molecule has 5 nitrogen and oxygen atoms in total. The van der Waals surface area contributed by atoms with Gasteiger partial charge in [-0.15, -0.1) is 0 Å². The van der Waals surface area contributed by atoms with E-state index in [1.165, 1.54) is 24.3 Å². The number of rotatable bonds is 7. The van der Waals surface area contributed by atoms with Crippen molar-refractivity contribution in [1.82, 2.24) is 0 Å². The zero-order valence-electron chi connectivity index (χ0n) is 13.9. The number of esters is 1. The van der Waals surface area contributed by atoms with E-state index >= 15 is 0 Å². The van der Waals surface area contributed by atoms with Crippen LogP contribution in [0.25, 0.3) is 0 Å². The van der Waals surface area contributed by atoms with Gasteiger partial charge in [-0.1, -0.05) is 50.6 Å². The molecule has 0 aliphatic rings. The summed E-state index contributed by atoms with van der Waals surface area (Å²) in [6, 6.07) is 15.2. The molecule has 0 heterocycles. The monoisotopic (exact) mass is 327 g/mol. The van der Waals surface area contributed by atoms with Crippen molar-refractivity contribution in [3.8, 4) is 0 Å². The Labute approximate surface area is 141 Å². The van der Waals surface area contributed by atoms with Crippen LogP contribution in [0.5, 0.6) is 0 Å². The fourth-order valence-corrected chi connectivity index (χ4v) is 2.81. The molecule has 0 aromatic heterocycles. The van der Waals surface area contributed by atoms with Crippen LogP contribution in [0.4, 0.5) is 5.69 Å². The second-order valence-corrected chi connectivity index (χ2v) is 5.66. The third-order valence-electron chi connectivity index (χ3n) is 4.13. The summed E-state index contributed by atoms with van der Waals surface area (Å²) in [7, 11) is 0. The molecule has 0 aliphatic carbocycles. The van der Waals surface area contributed by atoms with Gasteiger partial charge in [-0.25, -0.2) is 4.79 Å². The number of non-ortho nitro benzene ring substituents is 1. The zero-order valence-corrected chi connectivity index (χ0v) is 13.9. The normalized spacial score (nSPS) is 13.1. The molecule has 126 valence electrons. The number of benzene rings is 2. The van der Waals surface area contributed by atoms with Gasteiger partial charge in [0.05, 0.1) is 10.5 Å². The Hall–Kier alpha value is -2.69. The number of ether oxygens (including phenoxy) is 1. The van der Waals surface area contributed by atoms with Crippen LogP contribution in [0.3, 0.4) is 0 Å². The lowest BCUT2D eigenvalue weighted by atomic mass is 9.86. The van der Waals surface area contributed by atoms with E-state index in [1.807, 2.05) is 44.2 Å². The highest BCUT2D eigenvalue weighted by atomic mass is 16.6. The second kappa shape index (κ2) is 7.73. The van der Waals surface area contributed by atoms with Gasteiger partial charge < -0.3 is 4.74 Å². The molecule has 0 unspecified atom stereocenters. The Balaban J connectivity index is 2.29. The van der Waals surface area contributed by atoms with Gasteiger partial charge in [-0.3, -0.25) is 10.1 Å². The maximum atomic E-state index is 12.6. The molecule has 1 atom stereocenters. The summed E-state index contributed by atoms with van der Waals surface area (Å²) in [5.41, 5.74) is 0.537. The van der Waals surface area contributed by atoms with Crippen LogP contribution in [-0.2, 0) is 10.3 Å². The quantitative estimate of drug-likeness (QED) is 0.414. The first-order valence-electron chi connectivity index (χ1n) is 8.05. The smallest absolute Gasteiger partial charge is 0.339 e. The molecule has 0 spiro atoms. The van der Waals surface area contributed by atoms with E-state index in [0.29, 0.717) is 18.4 Å². The predicted molar refractivity (Wildman–Crippen MR) is 91.8 cm³/mol. The van der Waals surface area contributed by atoms with Crippen molar-refractivity contribution in [3.05, 3.63) is 75.8 Å². The van der Waals surface area contributed by atoms with Crippen LogP contribution >= 0.6 is 0 Å². The predicted octanol–water partition coefficient (Wildman–Crippen LogP) is 4.86. The third kappa shape index (κ3) is 3.79. The molecule has 0 N–H and O–H groups in total. The van der Waals surface area contributed by atoms with E-state index in [1.54, 1.807) is 0 Å². The first-order valence-corrected chi connectivity index (χ1v) is 8.05. The van der Waals surface area contributed by atoms with Gasteiger partial charge in [0.15, 0.2) is 0 Å². The lowest BCUT2D eigenvalue weighted by Gasteiger charge is -2.33. The summed E-state index contributed by atoms with van der Waals surface area (Å²) in [4.78, 5) is 22.8. The van der Waals surface area contributed by atoms with Crippen molar-refractivity contribution >= 4 is 11.7 Å². The molecular weight excluding hydrogens is 306 g/mol. The van der Waals surface area contributed by atoms with Gasteiger partial charge >= 0.3 is 5.97 Å². The summed E-state index contributed by atoms with van der Waals surface area (Å²) in [6.45, 7) is 4.04. The number of nitrogens with zero attached hydrogens (tertiary/aromatic N) is 1. The second-order valence-electron chi connectivity index (χ2n) is 5.66. The van der Waals surface area contributed by atoms with E-state index in [2.05, 4.69) is 0 Å². The summed E-state index contributed by atoms with van der Waals surface area (Å²) >= 11 is 0. The molecule has 0 radical (unpaired) electrons. The maximum Gasteiger partial charge on any atom is 0.339 e. The number of nitro groups is 1. The number of nitro benzene ring substituents is 1. The van der Waals surface area contributed by atoms with Gasteiger partial charge in [0.1, 0.15) is 5.60 Å². The average Bonchev–Trinajstić information content (AvgIpc) is 2.62. The number of carbonyl (C=O) groups excluding carboxylic acids is 1. The van der Waals surface area contributed by atoms with E-state index in [9.17, 15) is 14.9 Å². The lowest BCUT2D eigenvalue weighted by molar-refractivity contribution is -0.384. The Bertz CT molecular complexity index is 697. The molecule has 0 amide bonds. The maximum absolute atomic E-state index is 12.6. The van der Waals surface area contributed by atoms with E-state index in [0.717, 1.165) is 12.0 Å². The topological polar surface area (TPSA) is 69.4 Å².